The molecule has 8 nitrogen and oxygen atoms in total. The molecule has 0 saturated heterocycles. The fourth-order valence-electron chi connectivity index (χ4n) is 2.59. The highest BCUT2D eigenvalue weighted by Crippen LogP contribution is 2.24. The van der Waals surface area contributed by atoms with E-state index >= 15 is 0 Å². The molecule has 0 aliphatic carbocycles. The first-order valence-electron chi connectivity index (χ1n) is 8.20. The lowest BCUT2D eigenvalue weighted by Gasteiger charge is -2.24. The Morgan fingerprint density at radius 2 is 2.11 bits per heavy atom. The van der Waals surface area contributed by atoms with Crippen molar-refractivity contribution in [2.75, 3.05) is 30.9 Å². The van der Waals surface area contributed by atoms with Gasteiger partial charge in [0.15, 0.2) is 5.69 Å². The van der Waals surface area contributed by atoms with Gasteiger partial charge in [-0.3, -0.25) is 24.0 Å². The van der Waals surface area contributed by atoms with Gasteiger partial charge in [0.2, 0.25) is 0 Å². The van der Waals surface area contributed by atoms with Crippen molar-refractivity contribution in [1.82, 2.24) is 9.55 Å². The van der Waals surface area contributed by atoms with E-state index < -0.39 is 23.0 Å². The maximum absolute atomic E-state index is 13.6. The minimum atomic E-state index is -0.804. The molecular formula is C17H20BrFN4O4. The first-order valence-corrected chi connectivity index (χ1v) is 8.99. The van der Waals surface area contributed by atoms with E-state index in [4.69, 9.17) is 10.5 Å². The molecule has 0 radical (unpaired) electrons. The summed E-state index contributed by atoms with van der Waals surface area (Å²) in [5.41, 5.74) is 4.42. The Labute approximate surface area is 162 Å². The Hall–Kier alpha value is -2.46. The Morgan fingerprint density at radius 3 is 2.74 bits per heavy atom. The summed E-state index contributed by atoms with van der Waals surface area (Å²) in [6, 6.07) is 3.64. The van der Waals surface area contributed by atoms with E-state index in [1.54, 1.807) is 0 Å². The van der Waals surface area contributed by atoms with Gasteiger partial charge >= 0.3 is 5.69 Å². The van der Waals surface area contributed by atoms with Gasteiger partial charge in [0.05, 0.1) is 12.2 Å². The lowest BCUT2D eigenvalue weighted by Crippen LogP contribution is -2.42. The van der Waals surface area contributed by atoms with Gasteiger partial charge in [-0.2, -0.15) is 0 Å². The average Bonchev–Trinajstić information content (AvgIpc) is 2.62. The highest BCUT2D eigenvalue weighted by Gasteiger charge is 2.26. The number of carbonyl (C=O) groups excluding carboxylic acids is 1. The quantitative estimate of drug-likeness (QED) is 0.677. The van der Waals surface area contributed by atoms with Crippen LogP contribution >= 0.6 is 15.9 Å². The molecule has 1 aromatic carbocycles. The normalized spacial score (nSPS) is 10.8. The number of methoxy groups -OCH3 is 1. The first-order chi connectivity index (χ1) is 12.8. The molecule has 2 aromatic rings. The molecule has 146 valence electrons. The zero-order valence-electron chi connectivity index (χ0n) is 14.9. The van der Waals surface area contributed by atoms with Crippen LogP contribution in [0, 0.1) is 5.82 Å². The zero-order valence-corrected chi connectivity index (χ0v) is 16.5. The molecule has 1 aromatic heterocycles. The topological polar surface area (TPSA) is 110 Å². The van der Waals surface area contributed by atoms with E-state index in [0.717, 1.165) is 11.0 Å². The van der Waals surface area contributed by atoms with Crippen LogP contribution in [0.25, 0.3) is 0 Å². The molecule has 0 saturated carbocycles. The lowest BCUT2D eigenvalue weighted by molar-refractivity contribution is 0.0974. The standard InChI is InChI=1S/C17H20BrFN4O4/c1-3-6-23-14(20)13(15(24)21-17(23)26)22(7-8-27-2)16(25)11-9-10(19)4-5-12(11)18/h4-5,9H,3,6-8,20H2,1-2H3,(H,21,24,26). The number of rotatable bonds is 7. The number of nitrogens with one attached hydrogen (secondary N) is 1. The van der Waals surface area contributed by atoms with Crippen LogP contribution in [0.15, 0.2) is 32.3 Å². The first kappa shape index (κ1) is 20.8. The summed E-state index contributed by atoms with van der Waals surface area (Å²) < 4.78 is 20.2. The van der Waals surface area contributed by atoms with E-state index in [1.165, 1.54) is 23.8 Å². The van der Waals surface area contributed by atoms with E-state index in [0.29, 0.717) is 10.9 Å². The summed E-state index contributed by atoms with van der Waals surface area (Å²) in [6.45, 7) is 2.19. The van der Waals surface area contributed by atoms with Crippen LogP contribution in [-0.2, 0) is 11.3 Å². The summed E-state index contributed by atoms with van der Waals surface area (Å²) >= 11 is 3.21. The Kier molecular flexibility index (Phi) is 6.92. The predicted octanol–water partition coefficient (Wildman–Crippen LogP) is 1.72. The van der Waals surface area contributed by atoms with Crippen molar-refractivity contribution in [2.24, 2.45) is 0 Å². The van der Waals surface area contributed by atoms with Crippen molar-refractivity contribution in [1.29, 1.82) is 0 Å². The van der Waals surface area contributed by atoms with Crippen molar-refractivity contribution in [3.05, 3.63) is 54.9 Å². The van der Waals surface area contributed by atoms with Crippen LogP contribution in [0.5, 0.6) is 0 Å². The SMILES string of the molecule is CCCn1c(N)c(N(CCOC)C(=O)c2cc(F)ccc2Br)c(=O)[nH]c1=O. The zero-order chi connectivity index (χ0) is 20.1. The number of aromatic amines is 1. The number of benzene rings is 1. The van der Waals surface area contributed by atoms with E-state index in [9.17, 15) is 18.8 Å². The minimum absolute atomic E-state index is 0.0122. The van der Waals surface area contributed by atoms with E-state index in [-0.39, 0.29) is 36.8 Å². The van der Waals surface area contributed by atoms with Crippen LogP contribution in [-0.4, -0.2) is 35.7 Å². The van der Waals surface area contributed by atoms with E-state index in [1.807, 2.05) is 6.92 Å². The largest absolute Gasteiger partial charge is 0.383 e. The van der Waals surface area contributed by atoms with Gasteiger partial charge in [-0.05, 0) is 40.5 Å². The number of H-pyrrole nitrogens is 1. The number of hydrogen-bond acceptors (Lipinski definition) is 5. The molecule has 0 bridgehead atoms. The fourth-order valence-corrected chi connectivity index (χ4v) is 3.00. The second kappa shape index (κ2) is 8.96. The Balaban J connectivity index is 2.65. The molecular weight excluding hydrogens is 423 g/mol. The number of nitrogens with two attached hydrogens (primary N) is 1. The van der Waals surface area contributed by atoms with Crippen LogP contribution in [0.4, 0.5) is 15.9 Å². The molecule has 0 aliphatic heterocycles. The van der Waals surface area contributed by atoms with Crippen molar-refractivity contribution < 1.29 is 13.9 Å². The van der Waals surface area contributed by atoms with E-state index in [2.05, 4.69) is 20.9 Å². The van der Waals surface area contributed by atoms with Gasteiger partial charge in [-0.25, -0.2) is 9.18 Å². The van der Waals surface area contributed by atoms with Crippen molar-refractivity contribution >= 4 is 33.3 Å². The van der Waals surface area contributed by atoms with Gasteiger partial charge in [0.25, 0.3) is 11.5 Å². The summed E-state index contributed by atoms with van der Waals surface area (Å²) in [5.74, 6) is -1.40. The maximum atomic E-state index is 13.6. The molecule has 2 rings (SSSR count). The Morgan fingerprint density at radius 1 is 1.41 bits per heavy atom. The molecule has 10 heteroatoms. The van der Waals surface area contributed by atoms with Crippen LogP contribution in [0.1, 0.15) is 23.7 Å². The Bertz CT molecular complexity index is 957. The number of nitrogens with zero attached hydrogens (tertiary/aromatic N) is 2. The number of halogens is 2. The molecule has 1 heterocycles. The predicted molar refractivity (Wildman–Crippen MR) is 104 cm³/mol. The number of amides is 1. The number of hydrogen-bond donors (Lipinski definition) is 2. The van der Waals surface area contributed by atoms with Crippen molar-refractivity contribution in [3.63, 3.8) is 0 Å². The molecule has 0 unspecified atom stereocenters. The van der Waals surface area contributed by atoms with Crippen molar-refractivity contribution in [3.8, 4) is 0 Å². The lowest BCUT2D eigenvalue weighted by atomic mass is 10.2. The number of carbonyl (C=O) groups is 1. The minimum Gasteiger partial charge on any atom is -0.383 e. The molecule has 0 fully saturated rings. The van der Waals surface area contributed by atoms with Crippen LogP contribution in [0.2, 0.25) is 0 Å². The summed E-state index contributed by atoms with van der Waals surface area (Å²) in [6.07, 6.45) is 0.594. The maximum Gasteiger partial charge on any atom is 0.330 e. The number of aromatic nitrogens is 2. The summed E-state index contributed by atoms with van der Waals surface area (Å²) in [7, 11) is 1.44. The third-order valence-electron chi connectivity index (χ3n) is 3.85. The summed E-state index contributed by atoms with van der Waals surface area (Å²) in [5, 5.41) is 0. The van der Waals surface area contributed by atoms with Gasteiger partial charge in [0, 0.05) is 24.7 Å². The number of anilines is 2. The molecule has 0 aliphatic rings. The third kappa shape index (κ3) is 4.45. The van der Waals surface area contributed by atoms with Crippen LogP contribution in [0.3, 0.4) is 0 Å². The number of nitrogen functional groups attached to an aromatic ring is 1. The highest BCUT2D eigenvalue weighted by molar-refractivity contribution is 9.10. The van der Waals surface area contributed by atoms with Gasteiger partial charge in [-0.15, -0.1) is 0 Å². The van der Waals surface area contributed by atoms with Gasteiger partial charge in [0.1, 0.15) is 11.6 Å². The summed E-state index contributed by atoms with van der Waals surface area (Å²) in [4.78, 5) is 40.8. The molecule has 0 spiro atoms. The van der Waals surface area contributed by atoms with Gasteiger partial charge < -0.3 is 10.5 Å². The molecule has 3 N–H and O–H groups in total. The van der Waals surface area contributed by atoms with Gasteiger partial charge in [-0.1, -0.05) is 6.92 Å². The second-order valence-electron chi connectivity index (χ2n) is 5.72. The molecule has 1 amide bonds. The molecule has 0 atom stereocenters. The van der Waals surface area contributed by atoms with Crippen molar-refractivity contribution in [2.45, 2.75) is 19.9 Å². The third-order valence-corrected chi connectivity index (χ3v) is 4.55. The highest BCUT2D eigenvalue weighted by atomic mass is 79.9. The number of ether oxygens (including phenoxy) is 1. The average molecular weight is 443 g/mol. The second-order valence-corrected chi connectivity index (χ2v) is 6.57. The monoisotopic (exact) mass is 442 g/mol. The molecule has 27 heavy (non-hydrogen) atoms. The fraction of sp³-hybridized carbons (Fsp3) is 0.353. The smallest absolute Gasteiger partial charge is 0.330 e. The van der Waals surface area contributed by atoms with Crippen LogP contribution < -0.4 is 21.9 Å².